The van der Waals surface area contributed by atoms with Gasteiger partial charge in [-0.25, -0.2) is 4.79 Å². The quantitative estimate of drug-likeness (QED) is 0.715. The largest absolute Gasteiger partial charge is 0.444 e. The van der Waals surface area contributed by atoms with E-state index in [9.17, 15) is 4.79 Å². The van der Waals surface area contributed by atoms with Crippen molar-refractivity contribution >= 4 is 38.0 Å². The summed E-state index contributed by atoms with van der Waals surface area (Å²) in [4.78, 5) is 13.5. The molecule has 16 heavy (non-hydrogen) atoms. The molecule has 3 nitrogen and oxygen atoms in total. The van der Waals surface area contributed by atoms with Crippen LogP contribution in [0.15, 0.2) is 9.47 Å². The van der Waals surface area contributed by atoms with Gasteiger partial charge < -0.3 is 9.64 Å². The second kappa shape index (κ2) is 5.08. The molecule has 1 aliphatic heterocycles. The summed E-state index contributed by atoms with van der Waals surface area (Å²) in [5.74, 6) is 0.390. The average molecular weight is 355 g/mol. The molecule has 0 aromatic heterocycles. The normalized spacial score (nSPS) is 24.8. The molecule has 0 N–H and O–H groups in total. The van der Waals surface area contributed by atoms with Crippen molar-refractivity contribution in [2.45, 2.75) is 39.3 Å². The predicted octanol–water partition coefficient (Wildman–Crippen LogP) is 3.87. The van der Waals surface area contributed by atoms with Crippen LogP contribution in [-0.2, 0) is 4.74 Å². The van der Waals surface area contributed by atoms with Gasteiger partial charge in [-0.2, -0.15) is 0 Å². The standard InChI is InChI=1S/C11H17Br2NO2/c1-7-8(5-9(12)13)6-14(7)10(15)16-11(2,3)4/h5,7-8H,6H2,1-4H3/t7-,8+/m0/s1. The van der Waals surface area contributed by atoms with Crippen molar-refractivity contribution in [3.05, 3.63) is 9.47 Å². The molecule has 0 bridgehead atoms. The fraction of sp³-hybridized carbons (Fsp3) is 0.727. The zero-order chi connectivity index (χ0) is 12.5. The van der Waals surface area contributed by atoms with Crippen LogP contribution in [0.2, 0.25) is 0 Å². The Morgan fingerprint density at radius 1 is 1.44 bits per heavy atom. The molecule has 1 saturated heterocycles. The summed E-state index contributed by atoms with van der Waals surface area (Å²) in [6, 6.07) is 0.194. The molecule has 92 valence electrons. The number of hydrogen-bond donors (Lipinski definition) is 0. The lowest BCUT2D eigenvalue weighted by atomic mass is 9.91. The number of rotatable bonds is 1. The van der Waals surface area contributed by atoms with Crippen LogP contribution in [0.3, 0.4) is 0 Å². The maximum atomic E-state index is 11.7. The van der Waals surface area contributed by atoms with Crippen LogP contribution in [-0.4, -0.2) is 29.2 Å². The van der Waals surface area contributed by atoms with Crippen LogP contribution in [0.25, 0.3) is 0 Å². The zero-order valence-corrected chi connectivity index (χ0v) is 13.1. The van der Waals surface area contributed by atoms with E-state index in [4.69, 9.17) is 4.74 Å². The number of carbonyl (C=O) groups is 1. The van der Waals surface area contributed by atoms with E-state index >= 15 is 0 Å². The minimum absolute atomic E-state index is 0.194. The molecule has 1 aliphatic rings. The van der Waals surface area contributed by atoms with Crippen molar-refractivity contribution in [2.75, 3.05) is 6.54 Å². The summed E-state index contributed by atoms with van der Waals surface area (Å²) in [5, 5.41) is 0. The van der Waals surface area contributed by atoms with Crippen LogP contribution in [0, 0.1) is 5.92 Å². The Morgan fingerprint density at radius 3 is 2.38 bits per heavy atom. The molecule has 0 unspecified atom stereocenters. The third-order valence-electron chi connectivity index (χ3n) is 2.49. The molecular formula is C11H17Br2NO2. The van der Waals surface area contributed by atoms with Crippen LogP contribution >= 0.6 is 31.9 Å². The maximum Gasteiger partial charge on any atom is 0.410 e. The van der Waals surface area contributed by atoms with Gasteiger partial charge in [-0.3, -0.25) is 0 Å². The number of amides is 1. The first-order valence-corrected chi connectivity index (χ1v) is 6.82. The van der Waals surface area contributed by atoms with Gasteiger partial charge in [0.2, 0.25) is 0 Å². The van der Waals surface area contributed by atoms with Gasteiger partial charge in [0.1, 0.15) is 5.60 Å². The smallest absolute Gasteiger partial charge is 0.410 e. The Kier molecular flexibility index (Phi) is 4.46. The summed E-state index contributed by atoms with van der Waals surface area (Å²) in [6.45, 7) is 8.37. The molecule has 1 heterocycles. The van der Waals surface area contributed by atoms with Crippen LogP contribution < -0.4 is 0 Å². The first-order valence-electron chi connectivity index (χ1n) is 5.23. The van der Waals surface area contributed by atoms with E-state index in [1.165, 1.54) is 0 Å². The van der Waals surface area contributed by atoms with Crippen molar-refractivity contribution in [1.82, 2.24) is 4.90 Å². The number of nitrogens with zero attached hydrogens (tertiary/aromatic N) is 1. The predicted molar refractivity (Wildman–Crippen MR) is 71.8 cm³/mol. The lowest BCUT2D eigenvalue weighted by molar-refractivity contribution is -0.0152. The number of hydrogen-bond acceptors (Lipinski definition) is 2. The van der Waals surface area contributed by atoms with E-state index in [1.807, 2.05) is 27.7 Å². The highest BCUT2D eigenvalue weighted by atomic mass is 79.9. The van der Waals surface area contributed by atoms with Gasteiger partial charge >= 0.3 is 6.09 Å². The zero-order valence-electron chi connectivity index (χ0n) is 9.96. The second-order valence-electron chi connectivity index (χ2n) is 4.99. The van der Waals surface area contributed by atoms with E-state index in [1.54, 1.807) is 4.90 Å². The van der Waals surface area contributed by atoms with Crippen molar-refractivity contribution < 1.29 is 9.53 Å². The Labute approximate surface area is 113 Å². The van der Waals surface area contributed by atoms with E-state index in [0.29, 0.717) is 5.92 Å². The lowest BCUT2D eigenvalue weighted by Gasteiger charge is -2.45. The van der Waals surface area contributed by atoms with E-state index in [2.05, 4.69) is 37.9 Å². The van der Waals surface area contributed by atoms with Crippen LogP contribution in [0.5, 0.6) is 0 Å². The molecular weight excluding hydrogens is 338 g/mol. The average Bonchev–Trinajstić information content (AvgIpc) is 2.07. The molecule has 2 atom stereocenters. The molecule has 0 radical (unpaired) electrons. The Morgan fingerprint density at radius 2 is 2.00 bits per heavy atom. The molecule has 5 heteroatoms. The highest BCUT2D eigenvalue weighted by Crippen LogP contribution is 2.30. The number of likely N-dealkylation sites (tertiary alicyclic amines) is 1. The summed E-state index contributed by atoms with van der Waals surface area (Å²) in [7, 11) is 0. The summed E-state index contributed by atoms with van der Waals surface area (Å²) in [5.41, 5.74) is -0.423. The number of carbonyl (C=O) groups excluding carboxylic acids is 1. The minimum atomic E-state index is -0.423. The molecule has 0 aromatic carbocycles. The monoisotopic (exact) mass is 353 g/mol. The minimum Gasteiger partial charge on any atom is -0.444 e. The lowest BCUT2D eigenvalue weighted by Crippen LogP contribution is -2.57. The third-order valence-corrected chi connectivity index (χ3v) is 3.02. The van der Waals surface area contributed by atoms with Crippen molar-refractivity contribution in [3.8, 4) is 0 Å². The Bertz CT molecular complexity index is 306. The van der Waals surface area contributed by atoms with Crippen LogP contribution in [0.4, 0.5) is 4.79 Å². The highest BCUT2D eigenvalue weighted by molar-refractivity contribution is 9.28. The number of halogens is 2. The molecule has 1 amide bonds. The molecule has 1 fully saturated rings. The van der Waals surface area contributed by atoms with Gasteiger partial charge in [-0.05, 0) is 59.6 Å². The third kappa shape index (κ3) is 3.77. The van der Waals surface area contributed by atoms with Gasteiger partial charge in [0.05, 0.1) is 3.39 Å². The molecule has 0 aliphatic carbocycles. The van der Waals surface area contributed by atoms with Gasteiger partial charge in [0.15, 0.2) is 0 Å². The fourth-order valence-corrected chi connectivity index (χ4v) is 2.23. The Hall–Kier alpha value is -0.0300. The van der Waals surface area contributed by atoms with Crippen molar-refractivity contribution in [2.24, 2.45) is 5.92 Å². The fourth-order valence-electron chi connectivity index (χ4n) is 1.55. The van der Waals surface area contributed by atoms with E-state index < -0.39 is 5.60 Å². The van der Waals surface area contributed by atoms with Gasteiger partial charge in [0.25, 0.3) is 0 Å². The van der Waals surface area contributed by atoms with Crippen molar-refractivity contribution in [3.63, 3.8) is 0 Å². The number of ether oxygens (including phenoxy) is 1. The topological polar surface area (TPSA) is 29.5 Å². The van der Waals surface area contributed by atoms with E-state index in [-0.39, 0.29) is 12.1 Å². The SMILES string of the molecule is C[C@H]1[C@H](C=C(Br)Br)CN1C(=O)OC(C)(C)C. The van der Waals surface area contributed by atoms with Crippen molar-refractivity contribution in [1.29, 1.82) is 0 Å². The first kappa shape index (κ1) is 14.0. The summed E-state index contributed by atoms with van der Waals surface area (Å²) in [6.07, 6.45) is 1.83. The molecule has 0 saturated carbocycles. The second-order valence-corrected chi connectivity index (χ2v) is 7.77. The maximum absolute atomic E-state index is 11.7. The van der Waals surface area contributed by atoms with E-state index in [0.717, 1.165) is 9.94 Å². The molecule has 1 rings (SSSR count). The summed E-state index contributed by atoms with van der Waals surface area (Å²) < 4.78 is 6.24. The van der Waals surface area contributed by atoms with Gasteiger partial charge in [-0.1, -0.05) is 6.08 Å². The molecule has 0 spiro atoms. The first-order chi connectivity index (χ1) is 7.20. The van der Waals surface area contributed by atoms with Gasteiger partial charge in [0, 0.05) is 18.5 Å². The van der Waals surface area contributed by atoms with Crippen LogP contribution in [0.1, 0.15) is 27.7 Å². The molecule has 0 aromatic rings. The Balaban J connectivity index is 2.49. The van der Waals surface area contributed by atoms with Gasteiger partial charge in [-0.15, -0.1) is 0 Å². The summed E-state index contributed by atoms with van der Waals surface area (Å²) >= 11 is 6.65. The highest BCUT2D eigenvalue weighted by Gasteiger charge is 2.39.